The van der Waals surface area contributed by atoms with E-state index in [-0.39, 0.29) is 24.4 Å². The van der Waals surface area contributed by atoms with Crippen molar-refractivity contribution in [3.05, 3.63) is 24.2 Å². The van der Waals surface area contributed by atoms with E-state index >= 15 is 0 Å². The van der Waals surface area contributed by atoms with Crippen LogP contribution in [0.3, 0.4) is 0 Å². The molecule has 0 aromatic carbocycles. The summed E-state index contributed by atoms with van der Waals surface area (Å²) >= 11 is 0. The first kappa shape index (κ1) is 19.5. The van der Waals surface area contributed by atoms with Crippen molar-refractivity contribution in [2.24, 2.45) is 0 Å². The monoisotopic (exact) mass is 349 g/mol. The fourth-order valence-electron chi connectivity index (χ4n) is 3.59. The molecule has 1 aliphatic rings. The average Bonchev–Trinajstić information content (AvgIpc) is 3.16. The van der Waals surface area contributed by atoms with Crippen LogP contribution in [0.1, 0.15) is 64.7 Å². The molecule has 25 heavy (non-hydrogen) atoms. The average molecular weight is 349 g/mol. The number of nitrogens with one attached hydrogen (secondary N) is 2. The van der Waals surface area contributed by atoms with E-state index in [0.29, 0.717) is 13.1 Å². The zero-order valence-electron chi connectivity index (χ0n) is 15.6. The number of carbonyl (C=O) groups excluding carboxylic acids is 2. The van der Waals surface area contributed by atoms with Gasteiger partial charge in [0.15, 0.2) is 0 Å². The Labute approximate surface area is 150 Å². The molecule has 1 aliphatic carbocycles. The first-order valence-corrected chi connectivity index (χ1v) is 9.39. The van der Waals surface area contributed by atoms with E-state index in [1.165, 1.54) is 0 Å². The quantitative estimate of drug-likeness (QED) is 0.756. The van der Waals surface area contributed by atoms with E-state index in [1.54, 1.807) is 12.3 Å². The minimum Gasteiger partial charge on any atom is -0.467 e. The number of furan rings is 1. The van der Waals surface area contributed by atoms with Gasteiger partial charge >= 0.3 is 0 Å². The molecule has 2 amide bonds. The lowest BCUT2D eigenvalue weighted by molar-refractivity contribution is -0.139. The van der Waals surface area contributed by atoms with E-state index in [1.807, 2.05) is 31.7 Å². The summed E-state index contributed by atoms with van der Waals surface area (Å²) in [5.41, 5.74) is -0.602. The highest BCUT2D eigenvalue weighted by Crippen LogP contribution is 2.30. The third-order valence-corrected chi connectivity index (χ3v) is 5.10. The Hall–Kier alpha value is -1.82. The van der Waals surface area contributed by atoms with Crippen LogP contribution < -0.4 is 10.6 Å². The first-order chi connectivity index (χ1) is 12.0. The van der Waals surface area contributed by atoms with Crippen LogP contribution in [-0.2, 0) is 9.59 Å². The van der Waals surface area contributed by atoms with Gasteiger partial charge in [0.05, 0.1) is 24.4 Å². The predicted octanol–water partition coefficient (Wildman–Crippen LogP) is 2.62. The van der Waals surface area contributed by atoms with Crippen LogP contribution in [0.4, 0.5) is 0 Å². The molecule has 1 heterocycles. The molecular weight excluding hydrogens is 318 g/mol. The topological polar surface area (TPSA) is 74.6 Å². The van der Waals surface area contributed by atoms with Crippen molar-refractivity contribution < 1.29 is 14.0 Å². The fraction of sp³-hybridized carbons (Fsp3) is 0.684. The number of hydrogen-bond donors (Lipinski definition) is 2. The Bertz CT molecular complexity index is 546. The highest BCUT2D eigenvalue weighted by molar-refractivity contribution is 5.87. The molecule has 0 bridgehead atoms. The smallest absolute Gasteiger partial charge is 0.242 e. The maximum atomic E-state index is 13.0. The lowest BCUT2D eigenvalue weighted by atomic mass is 9.80. The molecule has 140 valence electrons. The molecule has 0 spiro atoms. The van der Waals surface area contributed by atoms with Crippen LogP contribution in [-0.4, -0.2) is 41.9 Å². The molecule has 0 unspecified atom stereocenters. The lowest BCUT2D eigenvalue weighted by Gasteiger charge is -2.40. The van der Waals surface area contributed by atoms with Crippen LogP contribution in [0, 0.1) is 0 Å². The van der Waals surface area contributed by atoms with Crippen molar-refractivity contribution in [1.82, 2.24) is 15.5 Å². The van der Waals surface area contributed by atoms with Crippen LogP contribution in [0.5, 0.6) is 0 Å². The number of carbonyl (C=O) groups is 2. The van der Waals surface area contributed by atoms with Gasteiger partial charge in [0.2, 0.25) is 11.8 Å². The van der Waals surface area contributed by atoms with Crippen LogP contribution in [0.15, 0.2) is 22.8 Å². The molecule has 2 N–H and O–H groups in total. The summed E-state index contributed by atoms with van der Waals surface area (Å²) in [4.78, 5) is 27.2. The molecule has 0 aliphatic heterocycles. The summed E-state index contributed by atoms with van der Waals surface area (Å²) < 4.78 is 5.31. The molecule has 1 fully saturated rings. The molecule has 6 nitrogen and oxygen atoms in total. The van der Waals surface area contributed by atoms with Gasteiger partial charge in [0.1, 0.15) is 5.76 Å². The second-order valence-electron chi connectivity index (χ2n) is 6.78. The van der Waals surface area contributed by atoms with E-state index < -0.39 is 5.54 Å². The van der Waals surface area contributed by atoms with Crippen molar-refractivity contribution in [1.29, 1.82) is 0 Å². The van der Waals surface area contributed by atoms with Gasteiger partial charge in [-0.05, 0) is 45.7 Å². The number of amides is 2. The Morgan fingerprint density at radius 1 is 1.24 bits per heavy atom. The van der Waals surface area contributed by atoms with E-state index in [4.69, 9.17) is 4.42 Å². The van der Waals surface area contributed by atoms with Gasteiger partial charge in [0, 0.05) is 13.1 Å². The van der Waals surface area contributed by atoms with Crippen molar-refractivity contribution in [3.63, 3.8) is 0 Å². The molecule has 1 aromatic heterocycles. The van der Waals surface area contributed by atoms with Gasteiger partial charge in [-0.25, -0.2) is 0 Å². The molecule has 0 radical (unpaired) electrons. The van der Waals surface area contributed by atoms with E-state index in [0.717, 1.165) is 37.9 Å². The number of rotatable bonds is 8. The molecule has 1 atom stereocenters. The van der Waals surface area contributed by atoms with Crippen LogP contribution in [0.25, 0.3) is 0 Å². The summed E-state index contributed by atoms with van der Waals surface area (Å²) in [7, 11) is 0. The summed E-state index contributed by atoms with van der Waals surface area (Å²) in [6.45, 7) is 7.40. The summed E-state index contributed by atoms with van der Waals surface area (Å²) in [5, 5.41) is 6.22. The number of hydrogen-bond acceptors (Lipinski definition) is 4. The predicted molar refractivity (Wildman–Crippen MR) is 97.0 cm³/mol. The first-order valence-electron chi connectivity index (χ1n) is 9.39. The van der Waals surface area contributed by atoms with Crippen molar-refractivity contribution in [2.75, 3.05) is 19.6 Å². The molecule has 2 rings (SSSR count). The van der Waals surface area contributed by atoms with Gasteiger partial charge in [-0.2, -0.15) is 0 Å². The standard InChI is InChI=1S/C19H31N3O3/c1-4-22(5-2)18(24)19(11-7-6-8-12-19)20-14-17(23)21-15(3)16-10-9-13-25-16/h9-10,13,15,20H,4-8,11-12,14H2,1-3H3,(H,21,23)/t15-/m0/s1. The van der Waals surface area contributed by atoms with E-state index in [9.17, 15) is 9.59 Å². The van der Waals surface area contributed by atoms with Crippen LogP contribution >= 0.6 is 0 Å². The number of nitrogens with zero attached hydrogens (tertiary/aromatic N) is 1. The lowest BCUT2D eigenvalue weighted by Crippen LogP contribution is -2.60. The maximum Gasteiger partial charge on any atom is 0.242 e. The zero-order chi connectivity index (χ0) is 18.3. The largest absolute Gasteiger partial charge is 0.467 e. The summed E-state index contributed by atoms with van der Waals surface area (Å²) in [6.07, 6.45) is 6.37. The minimum atomic E-state index is -0.602. The third kappa shape index (κ3) is 4.84. The Morgan fingerprint density at radius 2 is 1.92 bits per heavy atom. The molecule has 0 saturated heterocycles. The van der Waals surface area contributed by atoms with Crippen LogP contribution in [0.2, 0.25) is 0 Å². The Morgan fingerprint density at radius 3 is 2.48 bits per heavy atom. The maximum absolute atomic E-state index is 13.0. The second-order valence-corrected chi connectivity index (χ2v) is 6.78. The summed E-state index contributed by atoms with van der Waals surface area (Å²) in [6, 6.07) is 3.45. The highest BCUT2D eigenvalue weighted by Gasteiger charge is 2.41. The summed E-state index contributed by atoms with van der Waals surface area (Å²) in [5.74, 6) is 0.727. The molecule has 1 aromatic rings. The molecule has 1 saturated carbocycles. The highest BCUT2D eigenvalue weighted by atomic mass is 16.3. The normalized spacial score (nSPS) is 17.7. The Kier molecular flexibility index (Phi) is 7.05. The van der Waals surface area contributed by atoms with Crippen molar-refractivity contribution in [3.8, 4) is 0 Å². The minimum absolute atomic E-state index is 0.124. The van der Waals surface area contributed by atoms with Crippen molar-refractivity contribution >= 4 is 11.8 Å². The van der Waals surface area contributed by atoms with Gasteiger partial charge in [-0.3, -0.25) is 14.9 Å². The SMILES string of the molecule is CCN(CC)C(=O)C1(NCC(=O)N[C@@H](C)c2ccco2)CCCCC1. The third-order valence-electron chi connectivity index (χ3n) is 5.10. The molecule has 6 heteroatoms. The van der Waals surface area contributed by atoms with Gasteiger partial charge in [-0.1, -0.05) is 19.3 Å². The Balaban J connectivity index is 1.97. The second kappa shape index (κ2) is 9.04. The zero-order valence-corrected chi connectivity index (χ0v) is 15.6. The van der Waals surface area contributed by atoms with E-state index in [2.05, 4.69) is 10.6 Å². The van der Waals surface area contributed by atoms with Gasteiger partial charge in [-0.15, -0.1) is 0 Å². The van der Waals surface area contributed by atoms with Gasteiger partial charge in [0.25, 0.3) is 0 Å². The van der Waals surface area contributed by atoms with Gasteiger partial charge < -0.3 is 14.6 Å². The molecular formula is C19H31N3O3. The fourth-order valence-corrected chi connectivity index (χ4v) is 3.59. The van der Waals surface area contributed by atoms with Crippen molar-refractivity contribution in [2.45, 2.75) is 64.5 Å². The number of likely N-dealkylation sites (N-methyl/N-ethyl adjacent to an activating group) is 1.